The smallest absolute Gasteiger partial charge is 0.134 e. The predicted octanol–water partition coefficient (Wildman–Crippen LogP) is 26.6. The molecule has 11 aromatic rings. The Labute approximate surface area is 544 Å². The van der Waals surface area contributed by atoms with Gasteiger partial charge in [-0.05, 0) is 128 Å². The molecule has 15 heteroatoms. The number of thiophene rings is 7. The third kappa shape index (κ3) is 12.3. The second-order valence-electron chi connectivity index (χ2n) is 24.4. The molecule has 9 heterocycles. The summed E-state index contributed by atoms with van der Waals surface area (Å²) in [6.45, 7) is 18.6. The highest BCUT2D eigenvalue weighted by Gasteiger charge is 2.50. The number of nitrogens with zero attached hydrogens (tertiary/aromatic N) is 4. The third-order valence-electron chi connectivity index (χ3n) is 18.7. The molecule has 452 valence electrons. The number of hydrogen-bond acceptors (Lipinski definition) is 13. The topological polar surface area (TPSA) is 51.6 Å². The summed E-state index contributed by atoms with van der Waals surface area (Å²) in [7, 11) is 0. The molecular weight excluding hydrogens is 1240 g/mol. The first-order chi connectivity index (χ1) is 42.0. The highest BCUT2D eigenvalue weighted by Crippen LogP contribution is 2.66. The SMILES string of the molecule is CCCCC(CC)Cc1ccc(-c2ccc(-c3cc(F)c(-c4cc5c(s4)-c4sc6cc(-c7c(F)cc(-c8ccc(-c9ccc(CC(CC)CCCC)s9)s8)c8nsnc78)sc6c4C5(CC(CC)CCCC)CC(CC)CCCC)c4nsnc34)s2)s1. The summed E-state index contributed by atoms with van der Waals surface area (Å²) in [6, 6.07) is 26.0. The van der Waals surface area contributed by atoms with Crippen molar-refractivity contribution in [3.8, 4) is 71.0 Å². The van der Waals surface area contributed by atoms with Crippen molar-refractivity contribution in [1.29, 1.82) is 0 Å². The molecule has 86 heavy (non-hydrogen) atoms. The molecule has 0 bridgehead atoms. The molecule has 0 amide bonds. The van der Waals surface area contributed by atoms with Crippen molar-refractivity contribution >= 4 is 134 Å². The molecule has 1 aliphatic rings. The van der Waals surface area contributed by atoms with E-state index in [1.165, 1.54) is 160 Å². The van der Waals surface area contributed by atoms with Crippen LogP contribution in [0, 0.1) is 35.3 Å². The van der Waals surface area contributed by atoms with Crippen molar-refractivity contribution < 1.29 is 8.78 Å². The Bertz CT molecular complexity index is 4060. The van der Waals surface area contributed by atoms with Crippen LogP contribution in [0.25, 0.3) is 102 Å². The number of unbranched alkanes of at least 4 members (excludes halogenated alkanes) is 4. The number of aromatic nitrogens is 4. The Kier molecular flexibility index (Phi) is 20.1. The Hall–Kier alpha value is -3.90. The zero-order valence-electron chi connectivity index (χ0n) is 51.1. The van der Waals surface area contributed by atoms with Gasteiger partial charge < -0.3 is 0 Å². The minimum absolute atomic E-state index is 0.248. The van der Waals surface area contributed by atoms with Crippen molar-refractivity contribution in [1.82, 2.24) is 17.5 Å². The van der Waals surface area contributed by atoms with E-state index in [2.05, 4.69) is 116 Å². The van der Waals surface area contributed by atoms with Crippen LogP contribution in [0.2, 0.25) is 0 Å². The van der Waals surface area contributed by atoms with Crippen molar-refractivity contribution in [3.05, 3.63) is 105 Å². The van der Waals surface area contributed by atoms with Crippen molar-refractivity contribution in [2.24, 2.45) is 23.7 Å². The van der Waals surface area contributed by atoms with E-state index < -0.39 is 0 Å². The van der Waals surface area contributed by atoms with E-state index >= 15 is 8.78 Å². The summed E-state index contributed by atoms with van der Waals surface area (Å²) >= 11 is 14.9. The lowest BCUT2D eigenvalue weighted by atomic mass is 9.65. The Balaban J connectivity index is 0.924. The molecule has 0 saturated heterocycles. The van der Waals surface area contributed by atoms with Gasteiger partial charge in [-0.1, -0.05) is 158 Å². The molecule has 0 fully saturated rings. The van der Waals surface area contributed by atoms with Crippen LogP contribution in [0.4, 0.5) is 8.78 Å². The van der Waals surface area contributed by atoms with E-state index in [-0.39, 0.29) is 17.0 Å². The standard InChI is InChI=1S/C71H80F2N4S9/c1-9-17-21-41(13-5)33-45-25-27-54(78-45)56-31-29-52(80-56)47-35-50(72)61(66-64(47)74-85-76-66)58-37-49-68(82-58)70-63(71(49,39-43(15-7)23-19-11-3)40-44(16-8)24-20-12-4)69-60(84-70)38-59(83-69)62-51(73)36-48(65-67(62)77-86-75-65)53-30-32-57(81-53)55-28-26-46(79-55)34-42(14-6)22-18-10-2/h25-32,35-38,41-44H,9-24,33-34,39-40H2,1-8H3. The van der Waals surface area contributed by atoms with Gasteiger partial charge in [0.1, 0.15) is 33.7 Å². The lowest BCUT2D eigenvalue weighted by molar-refractivity contribution is 0.268. The van der Waals surface area contributed by atoms with Gasteiger partial charge >= 0.3 is 0 Å². The van der Waals surface area contributed by atoms with Gasteiger partial charge in [0.25, 0.3) is 0 Å². The number of hydrogen-bond donors (Lipinski definition) is 0. The average Bonchev–Trinajstić information content (AvgIpc) is 1.70. The molecule has 4 unspecified atom stereocenters. The van der Waals surface area contributed by atoms with Gasteiger partial charge in [-0.25, -0.2) is 8.78 Å². The maximum absolute atomic E-state index is 17.6. The fourth-order valence-electron chi connectivity index (χ4n) is 13.7. The van der Waals surface area contributed by atoms with Gasteiger partial charge in [0.2, 0.25) is 0 Å². The lowest BCUT2D eigenvalue weighted by Gasteiger charge is -2.38. The molecule has 0 N–H and O–H groups in total. The minimum Gasteiger partial charge on any atom is -0.206 e. The second-order valence-corrected chi connectivity index (χ2v) is 33.1. The van der Waals surface area contributed by atoms with Crippen LogP contribution < -0.4 is 0 Å². The fourth-order valence-corrected chi connectivity index (χ4v) is 23.7. The van der Waals surface area contributed by atoms with Gasteiger partial charge in [0.05, 0.1) is 44.2 Å². The maximum atomic E-state index is 17.6. The van der Waals surface area contributed by atoms with Crippen LogP contribution in [0.5, 0.6) is 0 Å². The summed E-state index contributed by atoms with van der Waals surface area (Å²) in [5.74, 6) is 1.94. The van der Waals surface area contributed by atoms with Crippen LogP contribution in [0.1, 0.15) is 192 Å². The van der Waals surface area contributed by atoms with E-state index in [4.69, 9.17) is 17.5 Å². The lowest BCUT2D eigenvalue weighted by Crippen LogP contribution is -2.31. The molecule has 0 aliphatic heterocycles. The first-order valence-electron chi connectivity index (χ1n) is 32.0. The third-order valence-corrected chi connectivity index (χ3v) is 28.4. The zero-order valence-corrected chi connectivity index (χ0v) is 58.4. The number of rotatable bonds is 30. The van der Waals surface area contributed by atoms with Crippen molar-refractivity contribution in [2.75, 3.05) is 0 Å². The monoisotopic (exact) mass is 1310 g/mol. The Morgan fingerprint density at radius 3 is 1.29 bits per heavy atom. The highest BCUT2D eigenvalue weighted by atomic mass is 32.1. The minimum atomic E-state index is -0.312. The summed E-state index contributed by atoms with van der Waals surface area (Å²) in [6.07, 6.45) is 23.6. The highest BCUT2D eigenvalue weighted by molar-refractivity contribution is 7.33. The fraction of sp³-hybridized carbons (Fsp3) is 0.465. The van der Waals surface area contributed by atoms with Gasteiger partial charge in [-0.2, -0.15) is 17.5 Å². The maximum Gasteiger partial charge on any atom is 0.134 e. The first-order valence-corrected chi connectivity index (χ1v) is 39.2. The van der Waals surface area contributed by atoms with E-state index in [9.17, 15) is 0 Å². The van der Waals surface area contributed by atoms with E-state index in [1.54, 1.807) is 57.5 Å². The van der Waals surface area contributed by atoms with E-state index in [0.29, 0.717) is 34.0 Å². The molecule has 9 aromatic heterocycles. The molecule has 2 aromatic carbocycles. The molecule has 12 rings (SSSR count). The van der Waals surface area contributed by atoms with Crippen LogP contribution >= 0.6 is 103 Å². The molecule has 0 saturated carbocycles. The van der Waals surface area contributed by atoms with Crippen LogP contribution in [0.15, 0.2) is 72.8 Å². The molecule has 4 nitrogen and oxygen atoms in total. The Morgan fingerprint density at radius 2 is 0.826 bits per heavy atom. The summed E-state index contributed by atoms with van der Waals surface area (Å²) in [5, 5.41) is 0. The van der Waals surface area contributed by atoms with Gasteiger partial charge in [0, 0.05) is 80.5 Å². The van der Waals surface area contributed by atoms with Crippen molar-refractivity contribution in [3.63, 3.8) is 0 Å². The predicted molar refractivity (Wildman–Crippen MR) is 380 cm³/mol. The first kappa shape index (κ1) is 62.3. The molecule has 0 spiro atoms. The normalized spacial score (nSPS) is 15.7. The molecule has 1 aliphatic carbocycles. The molecule has 4 atom stereocenters. The Morgan fingerprint density at radius 1 is 0.407 bits per heavy atom. The second kappa shape index (κ2) is 27.7. The van der Waals surface area contributed by atoms with E-state index in [0.717, 1.165) is 105 Å². The van der Waals surface area contributed by atoms with Crippen LogP contribution in [-0.2, 0) is 18.3 Å². The van der Waals surface area contributed by atoms with Gasteiger partial charge in [-0.3, -0.25) is 0 Å². The molecule has 0 radical (unpaired) electrons. The van der Waals surface area contributed by atoms with Crippen LogP contribution in [-0.4, -0.2) is 17.5 Å². The number of benzene rings is 2. The van der Waals surface area contributed by atoms with Crippen molar-refractivity contribution in [2.45, 2.75) is 189 Å². The van der Waals surface area contributed by atoms with Gasteiger partial charge in [-0.15, -0.1) is 79.4 Å². The largest absolute Gasteiger partial charge is 0.206 e. The summed E-state index contributed by atoms with van der Waals surface area (Å²) < 4.78 is 57.1. The van der Waals surface area contributed by atoms with Crippen LogP contribution in [0.3, 0.4) is 0 Å². The average molecular weight is 1320 g/mol. The summed E-state index contributed by atoms with van der Waals surface area (Å²) in [4.78, 5) is 14.3. The summed E-state index contributed by atoms with van der Waals surface area (Å²) in [5.41, 5.74) is 8.01. The van der Waals surface area contributed by atoms with Gasteiger partial charge in [0.15, 0.2) is 0 Å². The number of fused-ring (bicyclic) bond motifs is 7. The number of halogens is 2. The van der Waals surface area contributed by atoms with E-state index in [1.807, 2.05) is 34.0 Å². The molecular formula is C71H80F2N4S9. The quantitative estimate of drug-likeness (QED) is 0.0450. The zero-order chi connectivity index (χ0) is 59.6.